The average molecular weight is 365 g/mol. The van der Waals surface area contributed by atoms with Gasteiger partial charge < -0.3 is 10.2 Å². The lowest BCUT2D eigenvalue weighted by Gasteiger charge is -2.38. The van der Waals surface area contributed by atoms with Crippen molar-refractivity contribution in [2.45, 2.75) is 38.6 Å². The summed E-state index contributed by atoms with van der Waals surface area (Å²) in [6, 6.07) is -0.592. The van der Waals surface area contributed by atoms with Gasteiger partial charge in [-0.3, -0.25) is 24.3 Å². The van der Waals surface area contributed by atoms with Crippen molar-refractivity contribution in [1.29, 1.82) is 0 Å². The molecule has 3 rings (SSSR count). The number of hydrogen-bond acceptors (Lipinski definition) is 5. The van der Waals surface area contributed by atoms with Gasteiger partial charge in [-0.15, -0.1) is 0 Å². The highest BCUT2D eigenvalue weighted by molar-refractivity contribution is 5.98. The summed E-state index contributed by atoms with van der Waals surface area (Å²) in [6.07, 6.45) is 4.68. The third kappa shape index (κ3) is 4.54. The van der Waals surface area contributed by atoms with Gasteiger partial charge in [-0.05, 0) is 19.8 Å². The van der Waals surface area contributed by atoms with E-state index < -0.39 is 0 Å². The summed E-state index contributed by atoms with van der Waals surface area (Å²) >= 11 is 0. The van der Waals surface area contributed by atoms with E-state index in [0.29, 0.717) is 19.6 Å². The molecule has 146 valence electrons. The predicted octanol–water partition coefficient (Wildman–Crippen LogP) is -0.0531. The van der Waals surface area contributed by atoms with E-state index in [1.165, 1.54) is 17.7 Å². The largest absolute Gasteiger partial charge is 0.342 e. The molecule has 8 nitrogen and oxygen atoms in total. The number of imide groups is 1. The number of nitrogens with one attached hydrogen (secondary N) is 1. The van der Waals surface area contributed by atoms with Crippen molar-refractivity contribution in [3.63, 3.8) is 0 Å². The van der Waals surface area contributed by atoms with Gasteiger partial charge in [-0.1, -0.05) is 12.8 Å². The van der Waals surface area contributed by atoms with E-state index in [1.54, 1.807) is 0 Å². The molecule has 3 fully saturated rings. The number of amides is 4. The highest BCUT2D eigenvalue weighted by Gasteiger charge is 2.34. The second-order valence-corrected chi connectivity index (χ2v) is 7.50. The van der Waals surface area contributed by atoms with Crippen LogP contribution in [0.25, 0.3) is 0 Å². The van der Waals surface area contributed by atoms with E-state index in [2.05, 4.69) is 15.1 Å². The lowest BCUT2D eigenvalue weighted by molar-refractivity contribution is -0.136. The normalized spacial score (nSPS) is 24.3. The average Bonchev–Trinajstić information content (AvgIpc) is 2.90. The van der Waals surface area contributed by atoms with Gasteiger partial charge in [0.25, 0.3) is 0 Å². The minimum absolute atomic E-state index is 0.130. The Balaban J connectivity index is 1.44. The first-order chi connectivity index (χ1) is 12.6. The van der Waals surface area contributed by atoms with Crippen LogP contribution >= 0.6 is 0 Å². The summed E-state index contributed by atoms with van der Waals surface area (Å²) in [5.41, 5.74) is 0. The van der Waals surface area contributed by atoms with Crippen molar-refractivity contribution >= 4 is 17.8 Å². The highest BCUT2D eigenvalue weighted by atomic mass is 16.2. The maximum atomic E-state index is 12.5. The van der Waals surface area contributed by atoms with E-state index >= 15 is 0 Å². The van der Waals surface area contributed by atoms with Crippen LogP contribution in [-0.4, -0.2) is 102 Å². The van der Waals surface area contributed by atoms with Crippen LogP contribution in [-0.2, 0) is 9.59 Å². The van der Waals surface area contributed by atoms with Crippen LogP contribution in [0.5, 0.6) is 0 Å². The second kappa shape index (κ2) is 8.81. The first-order valence-electron chi connectivity index (χ1n) is 9.89. The third-order valence-electron chi connectivity index (χ3n) is 5.75. The standard InChI is InChI=1S/C18H31N5O3/c1-15(17(25)23-9-6-19-18(23)26)21-12-10-20(11-13-21)14-16(24)22-7-4-2-3-5-8-22/h15H,2-14H2,1H3,(H,19,26). The van der Waals surface area contributed by atoms with E-state index in [9.17, 15) is 14.4 Å². The minimum Gasteiger partial charge on any atom is -0.342 e. The monoisotopic (exact) mass is 365 g/mol. The van der Waals surface area contributed by atoms with Gasteiger partial charge >= 0.3 is 6.03 Å². The second-order valence-electron chi connectivity index (χ2n) is 7.50. The zero-order chi connectivity index (χ0) is 18.5. The molecule has 8 heteroatoms. The summed E-state index contributed by atoms with van der Waals surface area (Å²) in [7, 11) is 0. The van der Waals surface area contributed by atoms with Crippen LogP contribution in [0.3, 0.4) is 0 Å². The van der Waals surface area contributed by atoms with Crippen LogP contribution in [0.2, 0.25) is 0 Å². The minimum atomic E-state index is -0.303. The Kier molecular flexibility index (Phi) is 6.48. The molecule has 26 heavy (non-hydrogen) atoms. The SMILES string of the molecule is CC(C(=O)N1CCNC1=O)N1CCN(CC(=O)N2CCCCCC2)CC1. The molecule has 3 saturated heterocycles. The Bertz CT molecular complexity index is 525. The molecular weight excluding hydrogens is 334 g/mol. The summed E-state index contributed by atoms with van der Waals surface area (Å²) in [5.74, 6) is 0.104. The zero-order valence-corrected chi connectivity index (χ0v) is 15.8. The molecule has 3 aliphatic rings. The molecule has 0 aromatic heterocycles. The number of rotatable bonds is 4. The lowest BCUT2D eigenvalue weighted by Crippen LogP contribution is -2.56. The Labute approximate surface area is 155 Å². The van der Waals surface area contributed by atoms with Crippen LogP contribution < -0.4 is 5.32 Å². The number of likely N-dealkylation sites (tertiary alicyclic amines) is 1. The number of piperazine rings is 1. The fourth-order valence-electron chi connectivity index (χ4n) is 3.98. The van der Waals surface area contributed by atoms with Crippen molar-refractivity contribution < 1.29 is 14.4 Å². The van der Waals surface area contributed by atoms with Crippen molar-refractivity contribution in [2.24, 2.45) is 0 Å². The molecule has 0 spiro atoms. The molecule has 3 heterocycles. The summed E-state index contributed by atoms with van der Waals surface area (Å²) in [6.45, 7) is 8.16. The van der Waals surface area contributed by atoms with Crippen molar-refractivity contribution in [3.8, 4) is 0 Å². The van der Waals surface area contributed by atoms with Gasteiger partial charge in [0.05, 0.1) is 12.6 Å². The molecule has 4 amide bonds. The first-order valence-corrected chi connectivity index (χ1v) is 9.89. The number of nitrogens with zero attached hydrogens (tertiary/aromatic N) is 4. The Hall–Kier alpha value is -1.67. The van der Waals surface area contributed by atoms with Crippen molar-refractivity contribution in [2.75, 3.05) is 58.9 Å². The summed E-state index contributed by atoms with van der Waals surface area (Å²) in [4.78, 5) is 44.3. The summed E-state index contributed by atoms with van der Waals surface area (Å²) in [5, 5.41) is 2.67. The van der Waals surface area contributed by atoms with Crippen LogP contribution in [0.15, 0.2) is 0 Å². The molecule has 0 aromatic carbocycles. The van der Waals surface area contributed by atoms with Gasteiger partial charge in [0.2, 0.25) is 11.8 Å². The molecule has 0 aliphatic carbocycles. The maximum Gasteiger partial charge on any atom is 0.324 e. The molecule has 1 N–H and O–H groups in total. The Morgan fingerprint density at radius 3 is 2.19 bits per heavy atom. The highest BCUT2D eigenvalue weighted by Crippen LogP contribution is 2.13. The lowest BCUT2D eigenvalue weighted by atomic mass is 10.2. The van der Waals surface area contributed by atoms with Gasteiger partial charge in [0, 0.05) is 52.4 Å². The molecule has 3 aliphatic heterocycles. The molecule has 1 atom stereocenters. The smallest absolute Gasteiger partial charge is 0.324 e. The number of hydrogen-bond donors (Lipinski definition) is 1. The third-order valence-corrected chi connectivity index (χ3v) is 5.75. The molecule has 0 aromatic rings. The van der Waals surface area contributed by atoms with Crippen molar-refractivity contribution in [3.05, 3.63) is 0 Å². The fraction of sp³-hybridized carbons (Fsp3) is 0.833. The van der Waals surface area contributed by atoms with E-state index in [4.69, 9.17) is 0 Å². The molecule has 0 bridgehead atoms. The van der Waals surface area contributed by atoms with Gasteiger partial charge in [0.15, 0.2) is 0 Å². The maximum absolute atomic E-state index is 12.5. The number of urea groups is 1. The summed E-state index contributed by atoms with van der Waals surface area (Å²) < 4.78 is 0. The molecule has 0 radical (unpaired) electrons. The van der Waals surface area contributed by atoms with Gasteiger partial charge in [0.1, 0.15) is 0 Å². The van der Waals surface area contributed by atoms with E-state index in [1.807, 2.05) is 11.8 Å². The van der Waals surface area contributed by atoms with Crippen molar-refractivity contribution in [1.82, 2.24) is 24.9 Å². The first kappa shape index (κ1) is 19.1. The Morgan fingerprint density at radius 2 is 1.62 bits per heavy atom. The van der Waals surface area contributed by atoms with Crippen LogP contribution in [0, 0.1) is 0 Å². The van der Waals surface area contributed by atoms with E-state index in [-0.39, 0.29) is 23.9 Å². The quantitative estimate of drug-likeness (QED) is 0.756. The van der Waals surface area contributed by atoms with Gasteiger partial charge in [-0.2, -0.15) is 0 Å². The number of carbonyl (C=O) groups is 3. The zero-order valence-electron chi connectivity index (χ0n) is 15.8. The van der Waals surface area contributed by atoms with Gasteiger partial charge in [-0.25, -0.2) is 4.79 Å². The molecule has 0 saturated carbocycles. The van der Waals surface area contributed by atoms with Crippen LogP contribution in [0.4, 0.5) is 4.79 Å². The number of carbonyl (C=O) groups excluding carboxylic acids is 3. The Morgan fingerprint density at radius 1 is 0.962 bits per heavy atom. The topological polar surface area (TPSA) is 76.2 Å². The molecular formula is C18H31N5O3. The molecule has 1 unspecified atom stereocenters. The van der Waals surface area contributed by atoms with E-state index in [0.717, 1.165) is 52.1 Å². The predicted molar refractivity (Wildman–Crippen MR) is 97.6 cm³/mol. The fourth-order valence-corrected chi connectivity index (χ4v) is 3.98. The van der Waals surface area contributed by atoms with Crippen LogP contribution in [0.1, 0.15) is 32.6 Å².